The fourth-order valence-electron chi connectivity index (χ4n) is 2.11. The van der Waals surface area contributed by atoms with Crippen LogP contribution in [0, 0.1) is 11.7 Å². The summed E-state index contributed by atoms with van der Waals surface area (Å²) in [5.74, 6) is -1.26. The molecule has 1 aromatic carbocycles. The van der Waals surface area contributed by atoms with Gasteiger partial charge in [-0.05, 0) is 24.6 Å². The van der Waals surface area contributed by atoms with Gasteiger partial charge in [0.25, 0.3) is 5.91 Å². The van der Waals surface area contributed by atoms with Crippen molar-refractivity contribution in [1.82, 2.24) is 4.90 Å². The fraction of sp³-hybridized carbons (Fsp3) is 0.385. The van der Waals surface area contributed by atoms with Crippen LogP contribution in [0.4, 0.5) is 4.39 Å². The Morgan fingerprint density at radius 3 is 2.89 bits per heavy atom. The highest BCUT2D eigenvalue weighted by Crippen LogP contribution is 2.20. The fourth-order valence-corrected chi connectivity index (χ4v) is 2.11. The molecule has 0 saturated carbocycles. The largest absolute Gasteiger partial charge is 0.469 e. The molecule has 1 atom stereocenters. The maximum absolute atomic E-state index is 13.0. The molecule has 0 radical (unpaired) electrons. The zero-order valence-electron chi connectivity index (χ0n) is 10.1. The van der Waals surface area contributed by atoms with E-state index >= 15 is 0 Å². The third-order valence-electron chi connectivity index (χ3n) is 3.08. The van der Waals surface area contributed by atoms with E-state index in [1.54, 1.807) is 11.0 Å². The molecule has 1 aliphatic rings. The van der Waals surface area contributed by atoms with Crippen LogP contribution in [0.25, 0.3) is 0 Å². The molecule has 1 aromatic rings. The number of rotatable bonds is 2. The first kappa shape index (κ1) is 12.5. The molecule has 0 bridgehead atoms. The van der Waals surface area contributed by atoms with E-state index in [-0.39, 0.29) is 17.8 Å². The number of halogens is 1. The minimum Gasteiger partial charge on any atom is -0.469 e. The first-order valence-electron chi connectivity index (χ1n) is 5.74. The Balaban J connectivity index is 2.06. The third-order valence-corrected chi connectivity index (χ3v) is 3.08. The van der Waals surface area contributed by atoms with Gasteiger partial charge < -0.3 is 9.64 Å². The van der Waals surface area contributed by atoms with Crippen molar-refractivity contribution in [1.29, 1.82) is 0 Å². The summed E-state index contributed by atoms with van der Waals surface area (Å²) in [7, 11) is 1.33. The average molecular weight is 251 g/mol. The van der Waals surface area contributed by atoms with E-state index in [0.29, 0.717) is 25.1 Å². The minimum absolute atomic E-state index is 0.249. The van der Waals surface area contributed by atoms with E-state index in [1.165, 1.54) is 25.3 Å². The van der Waals surface area contributed by atoms with Gasteiger partial charge in [-0.1, -0.05) is 6.07 Å². The summed E-state index contributed by atoms with van der Waals surface area (Å²) in [5.41, 5.74) is 0.306. The van der Waals surface area contributed by atoms with Crippen LogP contribution in [0.1, 0.15) is 16.8 Å². The van der Waals surface area contributed by atoms with Gasteiger partial charge in [0, 0.05) is 18.7 Å². The van der Waals surface area contributed by atoms with Crippen molar-refractivity contribution in [2.45, 2.75) is 6.42 Å². The van der Waals surface area contributed by atoms with Gasteiger partial charge in [0.15, 0.2) is 0 Å². The Labute approximate surface area is 104 Å². The van der Waals surface area contributed by atoms with Crippen molar-refractivity contribution < 1.29 is 18.7 Å². The molecule has 1 heterocycles. The minimum atomic E-state index is -0.440. The highest BCUT2D eigenvalue weighted by molar-refractivity contribution is 5.94. The second-order valence-corrected chi connectivity index (χ2v) is 4.27. The molecule has 1 amide bonds. The van der Waals surface area contributed by atoms with E-state index < -0.39 is 5.82 Å². The predicted molar refractivity (Wildman–Crippen MR) is 62.4 cm³/mol. The summed E-state index contributed by atoms with van der Waals surface area (Å²) in [4.78, 5) is 25.0. The number of hydrogen-bond acceptors (Lipinski definition) is 3. The first-order chi connectivity index (χ1) is 8.61. The Morgan fingerprint density at radius 2 is 2.22 bits per heavy atom. The number of nitrogens with zero attached hydrogens (tertiary/aromatic N) is 1. The normalized spacial score (nSPS) is 18.8. The molecule has 4 nitrogen and oxygen atoms in total. The number of esters is 1. The Hall–Kier alpha value is -1.91. The lowest BCUT2D eigenvalue weighted by atomic mass is 10.1. The lowest BCUT2D eigenvalue weighted by Gasteiger charge is -2.16. The number of hydrogen-bond donors (Lipinski definition) is 0. The number of carbonyl (C=O) groups excluding carboxylic acids is 2. The van der Waals surface area contributed by atoms with Gasteiger partial charge in [-0.25, -0.2) is 4.39 Å². The molecular weight excluding hydrogens is 237 g/mol. The van der Waals surface area contributed by atoms with Crippen LogP contribution >= 0.6 is 0 Å². The second kappa shape index (κ2) is 5.16. The van der Waals surface area contributed by atoms with Gasteiger partial charge in [-0.3, -0.25) is 9.59 Å². The molecule has 5 heteroatoms. The van der Waals surface area contributed by atoms with Crippen molar-refractivity contribution in [3.63, 3.8) is 0 Å². The number of methoxy groups -OCH3 is 1. The monoisotopic (exact) mass is 251 g/mol. The first-order valence-corrected chi connectivity index (χ1v) is 5.74. The van der Waals surface area contributed by atoms with E-state index in [2.05, 4.69) is 4.74 Å². The summed E-state index contributed by atoms with van der Waals surface area (Å²) in [5, 5.41) is 0. The standard InChI is InChI=1S/C13H14FNO3/c1-18-13(17)10-5-6-15(8-10)12(16)9-3-2-4-11(14)7-9/h2-4,7,10H,5-6,8H2,1H3. The zero-order chi connectivity index (χ0) is 13.1. The predicted octanol–water partition coefficient (Wildman–Crippen LogP) is 1.46. The quantitative estimate of drug-likeness (QED) is 0.748. The number of ether oxygens (including phenoxy) is 1. The van der Waals surface area contributed by atoms with Crippen LogP contribution in [-0.4, -0.2) is 37.0 Å². The summed E-state index contributed by atoms with van der Waals surface area (Å²) in [6.07, 6.45) is 0.591. The lowest BCUT2D eigenvalue weighted by Crippen LogP contribution is -2.30. The summed E-state index contributed by atoms with van der Waals surface area (Å²) in [6.45, 7) is 0.830. The van der Waals surface area contributed by atoms with Crippen molar-refractivity contribution in [3.8, 4) is 0 Å². The zero-order valence-corrected chi connectivity index (χ0v) is 10.1. The average Bonchev–Trinajstić information content (AvgIpc) is 2.86. The van der Waals surface area contributed by atoms with Crippen molar-refractivity contribution in [2.24, 2.45) is 5.92 Å². The molecule has 0 N–H and O–H groups in total. The smallest absolute Gasteiger partial charge is 0.310 e. The molecule has 0 aromatic heterocycles. The SMILES string of the molecule is COC(=O)C1CCN(C(=O)c2cccc(F)c2)C1. The number of likely N-dealkylation sites (tertiary alicyclic amines) is 1. The van der Waals surface area contributed by atoms with Gasteiger partial charge in [0.1, 0.15) is 5.82 Å². The lowest BCUT2D eigenvalue weighted by molar-refractivity contribution is -0.144. The molecule has 0 aliphatic carbocycles. The number of amides is 1. The Morgan fingerprint density at radius 1 is 1.44 bits per heavy atom. The third kappa shape index (κ3) is 2.50. The maximum atomic E-state index is 13.0. The molecule has 1 fully saturated rings. The van der Waals surface area contributed by atoms with Crippen LogP contribution in [0.3, 0.4) is 0 Å². The van der Waals surface area contributed by atoms with Crippen LogP contribution in [-0.2, 0) is 9.53 Å². The van der Waals surface area contributed by atoms with E-state index in [1.807, 2.05) is 0 Å². The van der Waals surface area contributed by atoms with Gasteiger partial charge in [0.2, 0.25) is 0 Å². The molecular formula is C13H14FNO3. The van der Waals surface area contributed by atoms with Gasteiger partial charge in [-0.2, -0.15) is 0 Å². The summed E-state index contributed by atoms with van der Waals surface area (Å²) in [6, 6.07) is 5.55. The second-order valence-electron chi connectivity index (χ2n) is 4.27. The van der Waals surface area contributed by atoms with E-state index in [4.69, 9.17) is 0 Å². The molecule has 0 spiro atoms. The van der Waals surface area contributed by atoms with Gasteiger partial charge >= 0.3 is 5.97 Å². The molecule has 1 aliphatic heterocycles. The molecule has 1 saturated heterocycles. The van der Waals surface area contributed by atoms with Gasteiger partial charge in [0.05, 0.1) is 13.0 Å². The Kier molecular flexibility index (Phi) is 3.60. The molecule has 2 rings (SSSR count). The van der Waals surface area contributed by atoms with Crippen LogP contribution < -0.4 is 0 Å². The summed E-state index contributed by atoms with van der Waals surface area (Å²) >= 11 is 0. The molecule has 1 unspecified atom stereocenters. The van der Waals surface area contributed by atoms with Gasteiger partial charge in [-0.15, -0.1) is 0 Å². The molecule has 18 heavy (non-hydrogen) atoms. The van der Waals surface area contributed by atoms with Crippen molar-refractivity contribution in [3.05, 3.63) is 35.6 Å². The van der Waals surface area contributed by atoms with Crippen LogP contribution in [0.15, 0.2) is 24.3 Å². The van der Waals surface area contributed by atoms with Crippen LogP contribution in [0.5, 0.6) is 0 Å². The van der Waals surface area contributed by atoms with E-state index in [9.17, 15) is 14.0 Å². The highest BCUT2D eigenvalue weighted by Gasteiger charge is 2.32. The topological polar surface area (TPSA) is 46.6 Å². The number of carbonyl (C=O) groups is 2. The Bertz CT molecular complexity index is 475. The molecule has 96 valence electrons. The number of benzene rings is 1. The van der Waals surface area contributed by atoms with Crippen molar-refractivity contribution in [2.75, 3.05) is 20.2 Å². The highest BCUT2D eigenvalue weighted by atomic mass is 19.1. The van der Waals surface area contributed by atoms with E-state index in [0.717, 1.165) is 0 Å². The van der Waals surface area contributed by atoms with Crippen LogP contribution in [0.2, 0.25) is 0 Å². The summed E-state index contributed by atoms with van der Waals surface area (Å²) < 4.78 is 17.7. The maximum Gasteiger partial charge on any atom is 0.310 e. The van der Waals surface area contributed by atoms with Crippen molar-refractivity contribution >= 4 is 11.9 Å².